The summed E-state index contributed by atoms with van der Waals surface area (Å²) in [7, 11) is 0. The summed E-state index contributed by atoms with van der Waals surface area (Å²) in [6.07, 6.45) is 2.19. The molecule has 0 spiro atoms. The first-order chi connectivity index (χ1) is 17.3. The lowest BCUT2D eigenvalue weighted by atomic mass is 10.1. The molecule has 0 fully saturated rings. The number of hydrogen-bond donors (Lipinski definition) is 2. The number of hydrogen-bond acceptors (Lipinski definition) is 6. The molecule has 3 rings (SSSR count). The van der Waals surface area contributed by atoms with E-state index in [-0.39, 0.29) is 22.1 Å². The van der Waals surface area contributed by atoms with Crippen molar-refractivity contribution in [2.45, 2.75) is 20.3 Å². The Morgan fingerprint density at radius 1 is 0.917 bits per heavy atom. The average Bonchev–Trinajstić information content (AvgIpc) is 2.86. The van der Waals surface area contributed by atoms with Crippen LogP contribution in [-0.2, 0) is 16.0 Å². The first kappa shape index (κ1) is 26.7. The van der Waals surface area contributed by atoms with E-state index in [1.807, 2.05) is 19.1 Å². The summed E-state index contributed by atoms with van der Waals surface area (Å²) < 4.78 is 11.0. The number of aryl methyl sites for hydroxylation is 1. The summed E-state index contributed by atoms with van der Waals surface area (Å²) in [5.74, 6) is -2.01. The van der Waals surface area contributed by atoms with E-state index in [0.29, 0.717) is 22.9 Å². The van der Waals surface area contributed by atoms with Crippen LogP contribution in [0.25, 0.3) is 0 Å². The molecule has 0 heterocycles. The summed E-state index contributed by atoms with van der Waals surface area (Å²) in [6.45, 7) is 4.11. The molecule has 0 aliphatic rings. The Morgan fingerprint density at radius 2 is 1.67 bits per heavy atom. The number of anilines is 1. The van der Waals surface area contributed by atoms with Gasteiger partial charge in [0.25, 0.3) is 0 Å². The molecule has 3 aromatic rings. The maximum absolute atomic E-state index is 12.5. The van der Waals surface area contributed by atoms with Crippen molar-refractivity contribution in [3.05, 3.63) is 87.4 Å². The summed E-state index contributed by atoms with van der Waals surface area (Å²) in [6, 6.07) is 16.3. The molecule has 0 saturated carbocycles. The van der Waals surface area contributed by atoms with Gasteiger partial charge in [0, 0.05) is 10.7 Å². The molecule has 186 valence electrons. The molecule has 0 aliphatic heterocycles. The number of esters is 1. The minimum absolute atomic E-state index is 0.149. The molecule has 8 nitrogen and oxygen atoms in total. The van der Waals surface area contributed by atoms with Crippen LogP contribution in [0.2, 0.25) is 10.0 Å². The Hall–Kier alpha value is -3.88. The van der Waals surface area contributed by atoms with E-state index < -0.39 is 17.8 Å². The second-order valence-corrected chi connectivity index (χ2v) is 8.20. The van der Waals surface area contributed by atoms with Crippen LogP contribution in [-0.4, -0.2) is 30.6 Å². The van der Waals surface area contributed by atoms with Crippen LogP contribution in [0.1, 0.15) is 35.3 Å². The second kappa shape index (κ2) is 12.7. The van der Waals surface area contributed by atoms with Crippen LogP contribution in [0.4, 0.5) is 5.69 Å². The maximum atomic E-state index is 12.5. The van der Waals surface area contributed by atoms with Gasteiger partial charge in [0.15, 0.2) is 11.5 Å². The molecule has 0 aromatic heterocycles. The standard InChI is InChI=1S/C26H23Cl2N3O5/c1-3-16-5-9-19(10-6-16)30-24(32)25(33)31-29-15-17-7-12-22(23(13-17)35-4-2)36-26(34)20-11-8-18(27)14-21(20)28/h5-15H,3-4H2,1-2H3,(H,30,32)(H,31,33). The van der Waals surface area contributed by atoms with E-state index in [1.165, 1.54) is 30.5 Å². The molecular formula is C26H23Cl2N3O5. The number of amides is 2. The molecule has 0 unspecified atom stereocenters. The summed E-state index contributed by atoms with van der Waals surface area (Å²) in [4.78, 5) is 36.7. The fraction of sp³-hybridized carbons (Fsp3) is 0.154. The maximum Gasteiger partial charge on any atom is 0.345 e. The SMILES string of the molecule is CCOc1cc(C=NNC(=O)C(=O)Nc2ccc(CC)cc2)ccc1OC(=O)c1ccc(Cl)cc1Cl. The van der Waals surface area contributed by atoms with Gasteiger partial charge < -0.3 is 14.8 Å². The smallest absolute Gasteiger partial charge is 0.345 e. The van der Waals surface area contributed by atoms with Crippen molar-refractivity contribution >= 4 is 52.9 Å². The second-order valence-electron chi connectivity index (χ2n) is 7.36. The zero-order valence-corrected chi connectivity index (χ0v) is 21.0. The van der Waals surface area contributed by atoms with Gasteiger partial charge in [0.05, 0.1) is 23.4 Å². The predicted molar refractivity (Wildman–Crippen MR) is 139 cm³/mol. The van der Waals surface area contributed by atoms with Gasteiger partial charge in [-0.2, -0.15) is 5.10 Å². The highest BCUT2D eigenvalue weighted by Crippen LogP contribution is 2.30. The van der Waals surface area contributed by atoms with Gasteiger partial charge in [-0.1, -0.05) is 42.3 Å². The van der Waals surface area contributed by atoms with Gasteiger partial charge in [-0.15, -0.1) is 0 Å². The molecule has 0 bridgehead atoms. The monoisotopic (exact) mass is 527 g/mol. The van der Waals surface area contributed by atoms with Gasteiger partial charge in [0.1, 0.15) is 0 Å². The van der Waals surface area contributed by atoms with Crippen LogP contribution in [0.5, 0.6) is 11.5 Å². The third-order valence-corrected chi connectivity index (χ3v) is 5.38. The number of benzene rings is 3. The van der Waals surface area contributed by atoms with E-state index in [2.05, 4.69) is 15.8 Å². The third-order valence-electron chi connectivity index (χ3n) is 4.83. The first-order valence-corrected chi connectivity index (χ1v) is 11.7. The molecule has 2 amide bonds. The topological polar surface area (TPSA) is 106 Å². The minimum atomic E-state index is -0.929. The number of nitrogens with zero attached hydrogens (tertiary/aromatic N) is 1. The van der Waals surface area contributed by atoms with Gasteiger partial charge in [0.2, 0.25) is 0 Å². The Morgan fingerprint density at radius 3 is 2.33 bits per heavy atom. The number of hydrazone groups is 1. The van der Waals surface area contributed by atoms with Crippen LogP contribution < -0.4 is 20.2 Å². The van der Waals surface area contributed by atoms with Crippen molar-refractivity contribution in [1.82, 2.24) is 5.43 Å². The number of carbonyl (C=O) groups is 3. The fourth-order valence-corrected chi connectivity index (χ4v) is 3.48. The summed E-state index contributed by atoms with van der Waals surface area (Å²) >= 11 is 12.0. The number of halogens is 2. The van der Waals surface area contributed by atoms with E-state index >= 15 is 0 Å². The van der Waals surface area contributed by atoms with E-state index in [9.17, 15) is 14.4 Å². The van der Waals surface area contributed by atoms with Crippen LogP contribution >= 0.6 is 23.2 Å². The van der Waals surface area contributed by atoms with Crippen molar-refractivity contribution in [3.8, 4) is 11.5 Å². The van der Waals surface area contributed by atoms with Crippen molar-refractivity contribution < 1.29 is 23.9 Å². The van der Waals surface area contributed by atoms with Gasteiger partial charge in [-0.3, -0.25) is 9.59 Å². The first-order valence-electron chi connectivity index (χ1n) is 11.0. The number of rotatable bonds is 8. The van der Waals surface area contributed by atoms with Crippen LogP contribution in [0.3, 0.4) is 0 Å². The number of carbonyl (C=O) groups excluding carboxylic acids is 3. The van der Waals surface area contributed by atoms with E-state index in [4.69, 9.17) is 32.7 Å². The van der Waals surface area contributed by atoms with Gasteiger partial charge in [-0.05, 0) is 73.0 Å². The van der Waals surface area contributed by atoms with E-state index in [1.54, 1.807) is 31.2 Å². The zero-order valence-electron chi connectivity index (χ0n) is 19.5. The highest BCUT2D eigenvalue weighted by Gasteiger charge is 2.17. The van der Waals surface area contributed by atoms with Crippen LogP contribution in [0.15, 0.2) is 65.8 Å². The fourth-order valence-electron chi connectivity index (χ4n) is 3.00. The molecule has 0 atom stereocenters. The van der Waals surface area contributed by atoms with Crippen molar-refractivity contribution in [2.75, 3.05) is 11.9 Å². The highest BCUT2D eigenvalue weighted by molar-refractivity contribution is 6.39. The quantitative estimate of drug-likeness (QED) is 0.136. The Balaban J connectivity index is 1.63. The van der Waals surface area contributed by atoms with Crippen molar-refractivity contribution in [2.24, 2.45) is 5.10 Å². The van der Waals surface area contributed by atoms with Crippen LogP contribution in [0, 0.1) is 0 Å². The normalized spacial score (nSPS) is 10.7. The Kier molecular flexibility index (Phi) is 9.44. The highest BCUT2D eigenvalue weighted by atomic mass is 35.5. The Bertz CT molecular complexity index is 1290. The lowest BCUT2D eigenvalue weighted by Crippen LogP contribution is -2.32. The van der Waals surface area contributed by atoms with Gasteiger partial charge >= 0.3 is 17.8 Å². The molecular weight excluding hydrogens is 505 g/mol. The zero-order chi connectivity index (χ0) is 26.1. The average molecular weight is 528 g/mol. The van der Waals surface area contributed by atoms with Crippen molar-refractivity contribution in [3.63, 3.8) is 0 Å². The Labute approximate surface area is 218 Å². The predicted octanol–water partition coefficient (Wildman–Crippen LogP) is 5.26. The molecule has 3 aromatic carbocycles. The molecule has 0 aliphatic carbocycles. The third kappa shape index (κ3) is 7.31. The number of ether oxygens (including phenoxy) is 2. The number of nitrogens with one attached hydrogen (secondary N) is 2. The summed E-state index contributed by atoms with van der Waals surface area (Å²) in [5, 5.41) is 6.87. The van der Waals surface area contributed by atoms with Gasteiger partial charge in [-0.25, -0.2) is 10.2 Å². The lowest BCUT2D eigenvalue weighted by Gasteiger charge is -2.12. The van der Waals surface area contributed by atoms with E-state index in [0.717, 1.165) is 12.0 Å². The molecule has 36 heavy (non-hydrogen) atoms. The minimum Gasteiger partial charge on any atom is -0.490 e. The lowest BCUT2D eigenvalue weighted by molar-refractivity contribution is -0.136. The largest absolute Gasteiger partial charge is 0.490 e. The van der Waals surface area contributed by atoms with Crippen molar-refractivity contribution in [1.29, 1.82) is 0 Å². The molecule has 2 N–H and O–H groups in total. The molecule has 0 radical (unpaired) electrons. The molecule has 10 heteroatoms. The summed E-state index contributed by atoms with van der Waals surface area (Å²) in [5.41, 5.74) is 4.46. The molecule has 0 saturated heterocycles.